The van der Waals surface area contributed by atoms with Crippen LogP contribution in [0.2, 0.25) is 0 Å². The lowest BCUT2D eigenvalue weighted by atomic mass is 10.1. The average molecular weight is 240 g/mol. The number of ether oxygens (including phenoxy) is 1. The molecule has 1 unspecified atom stereocenters. The van der Waals surface area contributed by atoms with Gasteiger partial charge in [-0.3, -0.25) is 9.00 Å². The standard InChI is InChI=1S/C12H16O3S/c1-10-5-3-4-6-11(10)8-16(14)9-12(13)7-15-2/h3-6H,7-9H2,1-2H3. The van der Waals surface area contributed by atoms with Crippen LogP contribution in [-0.2, 0) is 26.1 Å². The molecule has 0 heterocycles. The van der Waals surface area contributed by atoms with Gasteiger partial charge in [-0.2, -0.15) is 0 Å². The second-order valence-corrected chi connectivity index (χ2v) is 5.08. The van der Waals surface area contributed by atoms with Crippen molar-refractivity contribution in [2.45, 2.75) is 12.7 Å². The van der Waals surface area contributed by atoms with Gasteiger partial charge in [0.1, 0.15) is 6.61 Å². The first-order valence-corrected chi connectivity index (χ1v) is 6.52. The van der Waals surface area contributed by atoms with Gasteiger partial charge >= 0.3 is 0 Å². The number of hydrogen-bond donors (Lipinski definition) is 0. The van der Waals surface area contributed by atoms with Gasteiger partial charge in [-0.25, -0.2) is 0 Å². The smallest absolute Gasteiger partial charge is 0.170 e. The van der Waals surface area contributed by atoms with Crippen LogP contribution >= 0.6 is 0 Å². The van der Waals surface area contributed by atoms with E-state index in [0.717, 1.165) is 11.1 Å². The summed E-state index contributed by atoms with van der Waals surface area (Å²) in [5, 5.41) is 0. The van der Waals surface area contributed by atoms with E-state index in [9.17, 15) is 9.00 Å². The zero-order valence-electron chi connectivity index (χ0n) is 9.56. The number of aryl methyl sites for hydroxylation is 1. The summed E-state index contributed by atoms with van der Waals surface area (Å²) in [4.78, 5) is 11.2. The molecule has 0 aliphatic carbocycles. The molecule has 0 amide bonds. The highest BCUT2D eigenvalue weighted by Gasteiger charge is 2.09. The molecule has 88 valence electrons. The van der Waals surface area contributed by atoms with E-state index in [0.29, 0.717) is 5.75 Å². The molecule has 0 aliphatic heterocycles. The number of hydrogen-bond acceptors (Lipinski definition) is 3. The molecule has 1 aromatic rings. The molecule has 3 nitrogen and oxygen atoms in total. The molecule has 0 spiro atoms. The Labute approximate surface area is 98.3 Å². The summed E-state index contributed by atoms with van der Waals surface area (Å²) in [5.41, 5.74) is 2.14. The number of Topliss-reactive ketones (excluding diaryl/α,β-unsaturated/α-hetero) is 1. The monoisotopic (exact) mass is 240 g/mol. The van der Waals surface area contributed by atoms with Crippen molar-refractivity contribution in [1.29, 1.82) is 0 Å². The lowest BCUT2D eigenvalue weighted by Gasteiger charge is -2.05. The first-order chi connectivity index (χ1) is 7.63. The fraction of sp³-hybridized carbons (Fsp3) is 0.417. The Balaban J connectivity index is 2.52. The van der Waals surface area contributed by atoms with Gasteiger partial charge in [-0.05, 0) is 18.1 Å². The van der Waals surface area contributed by atoms with Crippen molar-refractivity contribution in [3.63, 3.8) is 0 Å². The van der Waals surface area contributed by atoms with Gasteiger partial charge < -0.3 is 4.74 Å². The number of ketones is 1. The van der Waals surface area contributed by atoms with E-state index in [2.05, 4.69) is 0 Å². The fourth-order valence-corrected chi connectivity index (χ4v) is 2.59. The van der Waals surface area contributed by atoms with Crippen LogP contribution in [0, 0.1) is 6.92 Å². The van der Waals surface area contributed by atoms with Crippen molar-refractivity contribution in [1.82, 2.24) is 0 Å². The van der Waals surface area contributed by atoms with Crippen LogP contribution in [0.1, 0.15) is 11.1 Å². The van der Waals surface area contributed by atoms with Crippen LogP contribution in [0.3, 0.4) is 0 Å². The third-order valence-corrected chi connectivity index (χ3v) is 3.48. The molecule has 0 bridgehead atoms. The zero-order chi connectivity index (χ0) is 12.0. The van der Waals surface area contributed by atoms with Gasteiger partial charge in [0, 0.05) is 23.7 Å². The highest BCUT2D eigenvalue weighted by atomic mass is 32.2. The van der Waals surface area contributed by atoms with Crippen molar-refractivity contribution >= 4 is 16.6 Å². The van der Waals surface area contributed by atoms with E-state index in [1.165, 1.54) is 7.11 Å². The lowest BCUT2D eigenvalue weighted by Crippen LogP contribution is -2.16. The van der Waals surface area contributed by atoms with Crippen LogP contribution < -0.4 is 0 Å². The minimum absolute atomic E-state index is 0.0412. The molecule has 4 heteroatoms. The van der Waals surface area contributed by atoms with Crippen molar-refractivity contribution < 1.29 is 13.7 Å². The van der Waals surface area contributed by atoms with E-state index in [1.807, 2.05) is 31.2 Å². The Bertz CT molecular complexity index is 388. The molecular formula is C12H16O3S. The van der Waals surface area contributed by atoms with Crippen LogP contribution in [0.15, 0.2) is 24.3 Å². The number of carbonyl (C=O) groups is 1. The van der Waals surface area contributed by atoms with Crippen LogP contribution in [-0.4, -0.2) is 29.5 Å². The first-order valence-electron chi connectivity index (χ1n) is 5.03. The summed E-state index contributed by atoms with van der Waals surface area (Å²) in [6, 6.07) is 7.77. The Morgan fingerprint density at radius 2 is 2.06 bits per heavy atom. The van der Waals surface area contributed by atoms with Gasteiger partial charge in [0.2, 0.25) is 0 Å². The predicted molar refractivity (Wildman–Crippen MR) is 64.8 cm³/mol. The van der Waals surface area contributed by atoms with Crippen molar-refractivity contribution in [3.8, 4) is 0 Å². The molecule has 0 aliphatic rings. The molecule has 1 atom stereocenters. The van der Waals surface area contributed by atoms with E-state index < -0.39 is 10.8 Å². The number of carbonyl (C=O) groups excluding carboxylic acids is 1. The van der Waals surface area contributed by atoms with Gasteiger partial charge in [-0.15, -0.1) is 0 Å². The lowest BCUT2D eigenvalue weighted by molar-refractivity contribution is -0.120. The van der Waals surface area contributed by atoms with Gasteiger partial charge in [0.05, 0.1) is 5.75 Å². The Hall–Kier alpha value is -1.00. The normalized spacial score (nSPS) is 12.4. The Kier molecular flexibility index (Phi) is 5.35. The van der Waals surface area contributed by atoms with Crippen molar-refractivity contribution in [3.05, 3.63) is 35.4 Å². The molecule has 16 heavy (non-hydrogen) atoms. The maximum absolute atomic E-state index is 11.7. The maximum atomic E-state index is 11.7. The van der Waals surface area contributed by atoms with Crippen LogP contribution in [0.25, 0.3) is 0 Å². The molecule has 0 fully saturated rings. The summed E-state index contributed by atoms with van der Waals surface area (Å²) < 4.78 is 16.4. The molecule has 1 rings (SSSR count). The minimum Gasteiger partial charge on any atom is -0.377 e. The highest BCUT2D eigenvalue weighted by molar-refractivity contribution is 7.84. The van der Waals surface area contributed by atoms with Crippen LogP contribution in [0.5, 0.6) is 0 Å². The first kappa shape index (κ1) is 13.1. The second-order valence-electron chi connectivity index (χ2n) is 3.63. The third kappa shape index (κ3) is 4.24. The largest absolute Gasteiger partial charge is 0.377 e. The fourth-order valence-electron chi connectivity index (χ4n) is 1.38. The van der Waals surface area contributed by atoms with Crippen LogP contribution in [0.4, 0.5) is 0 Å². The van der Waals surface area contributed by atoms with E-state index >= 15 is 0 Å². The van der Waals surface area contributed by atoms with E-state index in [1.54, 1.807) is 0 Å². The number of rotatable bonds is 6. The van der Waals surface area contributed by atoms with Gasteiger partial charge in [0.15, 0.2) is 5.78 Å². The minimum atomic E-state index is -1.14. The summed E-state index contributed by atoms with van der Waals surface area (Å²) in [6.07, 6.45) is 0. The van der Waals surface area contributed by atoms with E-state index in [4.69, 9.17) is 4.74 Å². The number of methoxy groups -OCH3 is 1. The molecule has 0 aromatic heterocycles. The molecular weight excluding hydrogens is 224 g/mol. The molecule has 0 radical (unpaired) electrons. The predicted octanol–water partition coefficient (Wildman–Crippen LogP) is 1.46. The highest BCUT2D eigenvalue weighted by Crippen LogP contribution is 2.09. The quantitative estimate of drug-likeness (QED) is 0.756. The van der Waals surface area contributed by atoms with Gasteiger partial charge in [0.25, 0.3) is 0 Å². The SMILES string of the molecule is COCC(=O)CS(=O)Cc1ccccc1C. The van der Waals surface area contributed by atoms with Crippen molar-refractivity contribution in [2.24, 2.45) is 0 Å². The summed E-state index contributed by atoms with van der Waals surface area (Å²) in [7, 11) is 0.318. The maximum Gasteiger partial charge on any atom is 0.170 e. The Morgan fingerprint density at radius 1 is 1.38 bits per heavy atom. The zero-order valence-corrected chi connectivity index (χ0v) is 10.4. The molecule has 1 aromatic carbocycles. The number of benzene rings is 1. The third-order valence-electron chi connectivity index (χ3n) is 2.21. The summed E-state index contributed by atoms with van der Waals surface area (Å²) in [6.45, 7) is 2.02. The Morgan fingerprint density at radius 3 is 2.69 bits per heavy atom. The van der Waals surface area contributed by atoms with E-state index in [-0.39, 0.29) is 18.1 Å². The molecule has 0 saturated carbocycles. The van der Waals surface area contributed by atoms with Gasteiger partial charge in [-0.1, -0.05) is 24.3 Å². The molecule has 0 N–H and O–H groups in total. The average Bonchev–Trinajstić information content (AvgIpc) is 2.21. The molecule has 0 saturated heterocycles. The van der Waals surface area contributed by atoms with Crippen molar-refractivity contribution in [2.75, 3.05) is 19.5 Å². The second kappa shape index (κ2) is 6.55. The topological polar surface area (TPSA) is 43.4 Å². The summed E-state index contributed by atoms with van der Waals surface area (Å²) in [5.74, 6) is 0.388. The summed E-state index contributed by atoms with van der Waals surface area (Å²) >= 11 is 0.